The molecule has 0 bridgehead atoms. The van der Waals surface area contributed by atoms with Gasteiger partial charge in [0.1, 0.15) is 12.4 Å². The first-order valence-electron chi connectivity index (χ1n) is 11.0. The van der Waals surface area contributed by atoms with Gasteiger partial charge in [0.15, 0.2) is 0 Å². The van der Waals surface area contributed by atoms with Gasteiger partial charge >= 0.3 is 5.97 Å². The van der Waals surface area contributed by atoms with Crippen molar-refractivity contribution in [3.63, 3.8) is 0 Å². The highest BCUT2D eigenvalue weighted by molar-refractivity contribution is 6.30. The predicted octanol–water partition coefficient (Wildman–Crippen LogP) is 3.91. The van der Waals surface area contributed by atoms with Crippen molar-refractivity contribution in [2.75, 3.05) is 6.61 Å². The zero-order valence-corrected chi connectivity index (χ0v) is 19.6. The Bertz CT molecular complexity index is 1280. The molecule has 0 spiro atoms. The largest absolute Gasteiger partial charge is 0.466 e. The van der Waals surface area contributed by atoms with Gasteiger partial charge in [-0.15, -0.1) is 0 Å². The van der Waals surface area contributed by atoms with Gasteiger partial charge in [-0.05, 0) is 62.9 Å². The quantitative estimate of drug-likeness (QED) is 0.532. The lowest BCUT2D eigenvalue weighted by Crippen LogP contribution is -2.37. The molecular formula is C25H26ClN3O4. The summed E-state index contributed by atoms with van der Waals surface area (Å²) in [4.78, 5) is 42.9. The van der Waals surface area contributed by atoms with Gasteiger partial charge in [0.25, 0.3) is 5.56 Å². The number of fused-ring (bicyclic) bond motifs is 1. The number of nitrogens with zero attached hydrogens (tertiary/aromatic N) is 2. The van der Waals surface area contributed by atoms with Crippen LogP contribution in [0.2, 0.25) is 5.02 Å². The molecule has 1 N–H and O–H groups in total. The van der Waals surface area contributed by atoms with E-state index in [1.807, 2.05) is 19.9 Å². The van der Waals surface area contributed by atoms with E-state index in [1.165, 1.54) is 4.57 Å². The van der Waals surface area contributed by atoms with Crippen LogP contribution in [0.1, 0.15) is 38.7 Å². The van der Waals surface area contributed by atoms with Crippen LogP contribution in [0.4, 0.5) is 0 Å². The second kappa shape index (κ2) is 9.35. The summed E-state index contributed by atoms with van der Waals surface area (Å²) in [6.07, 6.45) is 0.698. The Labute approximate surface area is 196 Å². The van der Waals surface area contributed by atoms with Gasteiger partial charge in [-0.25, -0.2) is 4.98 Å². The van der Waals surface area contributed by atoms with Crippen molar-refractivity contribution in [1.82, 2.24) is 14.9 Å². The van der Waals surface area contributed by atoms with Crippen LogP contribution in [0.15, 0.2) is 47.3 Å². The molecule has 33 heavy (non-hydrogen) atoms. The average Bonchev–Trinajstić information content (AvgIpc) is 3.56. The molecule has 2 unspecified atom stereocenters. The fraction of sp³-hybridized carbons (Fsp3) is 0.360. The minimum atomic E-state index is -0.316. The van der Waals surface area contributed by atoms with E-state index < -0.39 is 0 Å². The summed E-state index contributed by atoms with van der Waals surface area (Å²) in [5.74, 6) is -0.271. The minimum Gasteiger partial charge on any atom is -0.466 e. The fourth-order valence-corrected chi connectivity index (χ4v) is 4.24. The van der Waals surface area contributed by atoms with Crippen LogP contribution in [0.5, 0.6) is 0 Å². The lowest BCUT2D eigenvalue weighted by molar-refractivity contribution is -0.144. The number of rotatable bonds is 7. The molecule has 172 valence electrons. The van der Waals surface area contributed by atoms with Crippen molar-refractivity contribution in [3.8, 4) is 11.4 Å². The van der Waals surface area contributed by atoms with E-state index in [9.17, 15) is 14.4 Å². The van der Waals surface area contributed by atoms with E-state index in [2.05, 4.69) is 5.32 Å². The third-order valence-corrected chi connectivity index (χ3v) is 5.86. The first-order chi connectivity index (χ1) is 15.8. The molecule has 0 aliphatic heterocycles. The molecule has 1 heterocycles. The molecule has 1 aliphatic rings. The highest BCUT2D eigenvalue weighted by atomic mass is 35.5. The van der Waals surface area contributed by atoms with E-state index in [0.29, 0.717) is 40.3 Å². The monoisotopic (exact) mass is 467 g/mol. The minimum absolute atomic E-state index is 0.0261. The average molecular weight is 468 g/mol. The van der Waals surface area contributed by atoms with Crippen LogP contribution >= 0.6 is 11.6 Å². The standard InChI is InChI=1S/C25H26ClN3O4/c1-4-33-25(32)19-12-18(19)15-8-9-21-20(11-15)24(31)29(13-22(30)27-14(2)3)23(28-21)16-6-5-7-17(26)10-16/h5-11,14,18-19H,4,12-13H2,1-3H3,(H,27,30). The van der Waals surface area contributed by atoms with E-state index in [-0.39, 0.29) is 41.9 Å². The van der Waals surface area contributed by atoms with Gasteiger partial charge < -0.3 is 10.1 Å². The second-order valence-electron chi connectivity index (χ2n) is 8.54. The first kappa shape index (κ1) is 23.0. The van der Waals surface area contributed by atoms with Gasteiger partial charge in [0.05, 0.1) is 23.4 Å². The van der Waals surface area contributed by atoms with Gasteiger partial charge in [-0.2, -0.15) is 0 Å². The van der Waals surface area contributed by atoms with Crippen molar-refractivity contribution < 1.29 is 14.3 Å². The summed E-state index contributed by atoms with van der Waals surface area (Å²) < 4.78 is 6.51. The topological polar surface area (TPSA) is 90.3 Å². The van der Waals surface area contributed by atoms with Crippen LogP contribution in [0.3, 0.4) is 0 Å². The maximum absolute atomic E-state index is 13.6. The predicted molar refractivity (Wildman–Crippen MR) is 127 cm³/mol. The summed E-state index contributed by atoms with van der Waals surface area (Å²) in [5, 5.41) is 3.74. The van der Waals surface area contributed by atoms with Gasteiger partial charge in [0.2, 0.25) is 5.91 Å². The summed E-state index contributed by atoms with van der Waals surface area (Å²) >= 11 is 6.17. The molecule has 2 aromatic carbocycles. The maximum Gasteiger partial charge on any atom is 0.309 e. The SMILES string of the molecule is CCOC(=O)C1CC1c1ccc2nc(-c3cccc(Cl)c3)n(CC(=O)NC(C)C)c(=O)c2c1. The van der Waals surface area contributed by atoms with Crippen molar-refractivity contribution in [2.24, 2.45) is 5.92 Å². The van der Waals surface area contributed by atoms with Crippen molar-refractivity contribution in [2.45, 2.75) is 45.7 Å². The number of halogens is 1. The van der Waals surface area contributed by atoms with Crippen LogP contribution in [0.25, 0.3) is 22.3 Å². The molecule has 0 saturated heterocycles. The maximum atomic E-state index is 13.6. The number of ether oxygens (including phenoxy) is 1. The third kappa shape index (κ3) is 4.93. The molecule has 2 atom stereocenters. The summed E-state index contributed by atoms with van der Waals surface area (Å²) in [5.41, 5.74) is 1.75. The Hall–Kier alpha value is -3.19. The summed E-state index contributed by atoms with van der Waals surface area (Å²) in [6, 6.07) is 12.5. The lowest BCUT2D eigenvalue weighted by Gasteiger charge is -2.15. The second-order valence-corrected chi connectivity index (χ2v) is 8.97. The number of nitrogens with one attached hydrogen (secondary N) is 1. The van der Waals surface area contributed by atoms with Crippen molar-refractivity contribution in [1.29, 1.82) is 0 Å². The Morgan fingerprint density at radius 1 is 1.24 bits per heavy atom. The van der Waals surface area contributed by atoms with E-state index >= 15 is 0 Å². The zero-order chi connectivity index (χ0) is 23.7. The number of aromatic nitrogens is 2. The molecule has 0 radical (unpaired) electrons. The summed E-state index contributed by atoms with van der Waals surface area (Å²) in [6.45, 7) is 5.69. The van der Waals surface area contributed by atoms with E-state index in [1.54, 1.807) is 43.3 Å². The number of amides is 1. The van der Waals surface area contributed by atoms with Crippen LogP contribution < -0.4 is 10.9 Å². The van der Waals surface area contributed by atoms with Crippen LogP contribution in [-0.2, 0) is 20.9 Å². The van der Waals surface area contributed by atoms with Gasteiger partial charge in [0, 0.05) is 16.6 Å². The Kier molecular flexibility index (Phi) is 6.51. The molecule has 8 heteroatoms. The fourth-order valence-electron chi connectivity index (χ4n) is 4.05. The number of hydrogen-bond acceptors (Lipinski definition) is 5. The molecule has 1 amide bonds. The number of esters is 1. The number of carbonyl (C=O) groups excluding carboxylic acids is 2. The van der Waals surface area contributed by atoms with E-state index in [4.69, 9.17) is 21.3 Å². The molecular weight excluding hydrogens is 442 g/mol. The van der Waals surface area contributed by atoms with Crippen LogP contribution in [0, 0.1) is 5.92 Å². The molecule has 3 aromatic rings. The third-order valence-electron chi connectivity index (χ3n) is 5.62. The molecule has 7 nitrogen and oxygen atoms in total. The number of hydrogen-bond donors (Lipinski definition) is 1. The lowest BCUT2D eigenvalue weighted by atomic mass is 10.1. The molecule has 4 rings (SSSR count). The highest BCUT2D eigenvalue weighted by Crippen LogP contribution is 2.48. The Morgan fingerprint density at radius 3 is 2.73 bits per heavy atom. The summed E-state index contributed by atoms with van der Waals surface area (Å²) in [7, 11) is 0. The van der Waals surface area contributed by atoms with Gasteiger partial charge in [-0.1, -0.05) is 29.8 Å². The Balaban J connectivity index is 1.79. The van der Waals surface area contributed by atoms with Gasteiger partial charge in [-0.3, -0.25) is 19.0 Å². The van der Waals surface area contributed by atoms with Crippen molar-refractivity contribution in [3.05, 3.63) is 63.4 Å². The van der Waals surface area contributed by atoms with Crippen molar-refractivity contribution >= 4 is 34.4 Å². The molecule has 1 aliphatic carbocycles. The van der Waals surface area contributed by atoms with Crippen LogP contribution in [-0.4, -0.2) is 34.1 Å². The number of benzene rings is 2. The highest BCUT2D eigenvalue weighted by Gasteiger charge is 2.45. The first-order valence-corrected chi connectivity index (χ1v) is 11.4. The van der Waals surface area contributed by atoms with E-state index in [0.717, 1.165) is 5.56 Å². The molecule has 1 fully saturated rings. The smallest absolute Gasteiger partial charge is 0.309 e. The zero-order valence-electron chi connectivity index (χ0n) is 18.8. The Morgan fingerprint density at radius 2 is 2.03 bits per heavy atom. The molecule has 1 aromatic heterocycles. The normalized spacial score (nSPS) is 17.2. The molecule has 1 saturated carbocycles. The number of carbonyl (C=O) groups is 2.